The van der Waals surface area contributed by atoms with E-state index in [1.807, 2.05) is 5.32 Å². The molecule has 1 aliphatic heterocycles. The normalized spacial score (nSPS) is 16.0. The molecule has 0 unspecified atom stereocenters. The number of amides is 4. The summed E-state index contributed by atoms with van der Waals surface area (Å²) in [4.78, 5) is 47.8. The molecule has 0 atom stereocenters. The van der Waals surface area contributed by atoms with Crippen molar-refractivity contribution in [1.82, 2.24) is 5.32 Å². The summed E-state index contributed by atoms with van der Waals surface area (Å²) in [7, 11) is 0. The van der Waals surface area contributed by atoms with Crippen LogP contribution >= 0.6 is 0 Å². The molecule has 28 heavy (non-hydrogen) atoms. The number of barbiturate groups is 1. The second-order valence-corrected chi connectivity index (χ2v) is 5.63. The zero-order valence-corrected chi connectivity index (χ0v) is 14.2. The smallest absolute Gasteiger partial charge is 0.273 e. The van der Waals surface area contributed by atoms with E-state index in [1.54, 1.807) is 6.07 Å². The van der Waals surface area contributed by atoms with Gasteiger partial charge in [-0.2, -0.15) is 0 Å². The first kappa shape index (κ1) is 18.6. The van der Waals surface area contributed by atoms with Crippen LogP contribution in [0.25, 0.3) is 6.08 Å². The average molecular weight is 381 g/mol. The standard InChI is InChI=1S/C19H12FN3O5/c20-13-8-10-14(11-9-13)22-18(25)15(17(24)21-19(22)26)6-3-5-12-4-1-2-7-16(12)23(27)28/h1-11H,(H,21,24,26)/b5-3+,15-6+. The Labute approximate surface area is 157 Å². The number of allylic oxidation sites excluding steroid dienone is 2. The number of carbonyl (C=O) groups is 3. The number of rotatable bonds is 4. The number of benzene rings is 2. The summed E-state index contributed by atoms with van der Waals surface area (Å²) in [6.07, 6.45) is 3.81. The molecule has 4 amide bonds. The van der Waals surface area contributed by atoms with Crippen LogP contribution in [-0.4, -0.2) is 22.8 Å². The number of halogens is 1. The Bertz CT molecular complexity index is 1040. The van der Waals surface area contributed by atoms with Gasteiger partial charge < -0.3 is 0 Å². The minimum atomic E-state index is -0.957. The van der Waals surface area contributed by atoms with Crippen LogP contribution < -0.4 is 10.2 Å². The van der Waals surface area contributed by atoms with Crippen LogP contribution in [0.4, 0.5) is 20.6 Å². The molecule has 2 aromatic carbocycles. The van der Waals surface area contributed by atoms with Crippen LogP contribution in [0, 0.1) is 15.9 Å². The number of nitrogens with one attached hydrogen (secondary N) is 1. The predicted molar refractivity (Wildman–Crippen MR) is 97.6 cm³/mol. The van der Waals surface area contributed by atoms with Gasteiger partial charge >= 0.3 is 6.03 Å². The van der Waals surface area contributed by atoms with Crippen molar-refractivity contribution in [2.24, 2.45) is 0 Å². The van der Waals surface area contributed by atoms with E-state index < -0.39 is 28.6 Å². The lowest BCUT2D eigenvalue weighted by molar-refractivity contribution is -0.385. The maximum absolute atomic E-state index is 13.1. The number of para-hydroxylation sites is 1. The van der Waals surface area contributed by atoms with Crippen molar-refractivity contribution < 1.29 is 23.7 Å². The Morgan fingerprint density at radius 2 is 1.71 bits per heavy atom. The minimum Gasteiger partial charge on any atom is -0.273 e. The van der Waals surface area contributed by atoms with E-state index in [9.17, 15) is 28.9 Å². The lowest BCUT2D eigenvalue weighted by Crippen LogP contribution is -2.54. The van der Waals surface area contributed by atoms with Crippen molar-refractivity contribution in [3.8, 4) is 0 Å². The van der Waals surface area contributed by atoms with Gasteiger partial charge in [0.2, 0.25) is 0 Å². The van der Waals surface area contributed by atoms with E-state index in [-0.39, 0.29) is 22.5 Å². The number of hydrogen-bond donors (Lipinski definition) is 1. The molecular weight excluding hydrogens is 369 g/mol. The number of urea groups is 1. The summed E-state index contributed by atoms with van der Waals surface area (Å²) in [6.45, 7) is 0. The van der Waals surface area contributed by atoms with Gasteiger partial charge in [-0.3, -0.25) is 25.0 Å². The molecule has 1 N–H and O–H groups in total. The highest BCUT2D eigenvalue weighted by Gasteiger charge is 2.36. The summed E-state index contributed by atoms with van der Waals surface area (Å²) >= 11 is 0. The molecule has 0 saturated carbocycles. The van der Waals surface area contributed by atoms with Crippen LogP contribution in [-0.2, 0) is 9.59 Å². The van der Waals surface area contributed by atoms with Crippen LogP contribution in [0.5, 0.6) is 0 Å². The molecule has 0 spiro atoms. The highest BCUT2D eigenvalue weighted by Crippen LogP contribution is 2.22. The number of nitrogens with zero attached hydrogens (tertiary/aromatic N) is 2. The molecule has 1 saturated heterocycles. The third-order valence-electron chi connectivity index (χ3n) is 3.86. The maximum Gasteiger partial charge on any atom is 0.335 e. The molecule has 1 aliphatic rings. The Hall–Kier alpha value is -4.14. The quantitative estimate of drug-likeness (QED) is 0.379. The summed E-state index contributed by atoms with van der Waals surface area (Å²) < 4.78 is 13.1. The molecule has 0 radical (unpaired) electrons. The SMILES string of the molecule is O=C1NC(=O)N(c2ccc(F)cc2)C(=O)/C1=C/C=C/c1ccccc1[N+](=O)[O-]. The lowest BCUT2D eigenvalue weighted by atomic mass is 10.1. The molecule has 3 rings (SSSR count). The fourth-order valence-electron chi connectivity index (χ4n) is 2.54. The van der Waals surface area contributed by atoms with Crippen LogP contribution in [0.3, 0.4) is 0 Å². The van der Waals surface area contributed by atoms with E-state index in [0.29, 0.717) is 4.90 Å². The zero-order valence-electron chi connectivity index (χ0n) is 14.2. The molecule has 140 valence electrons. The van der Waals surface area contributed by atoms with E-state index in [1.165, 1.54) is 42.5 Å². The number of hydrogen-bond acceptors (Lipinski definition) is 5. The maximum atomic E-state index is 13.1. The highest BCUT2D eigenvalue weighted by atomic mass is 19.1. The predicted octanol–water partition coefficient (Wildman–Crippen LogP) is 2.96. The molecule has 2 aromatic rings. The molecule has 0 bridgehead atoms. The molecule has 9 heteroatoms. The Morgan fingerprint density at radius 3 is 2.39 bits per heavy atom. The minimum absolute atomic E-state index is 0.0879. The van der Waals surface area contributed by atoms with Gasteiger partial charge in [0.05, 0.1) is 16.2 Å². The van der Waals surface area contributed by atoms with Crippen molar-refractivity contribution in [3.63, 3.8) is 0 Å². The van der Waals surface area contributed by atoms with Crippen molar-refractivity contribution >= 4 is 35.3 Å². The first-order valence-electron chi connectivity index (χ1n) is 7.95. The van der Waals surface area contributed by atoms with Gasteiger partial charge in [0.15, 0.2) is 0 Å². The number of nitro groups is 1. The van der Waals surface area contributed by atoms with Crippen LogP contribution in [0.2, 0.25) is 0 Å². The van der Waals surface area contributed by atoms with E-state index in [0.717, 1.165) is 18.2 Å². The zero-order chi connectivity index (χ0) is 20.3. The number of imide groups is 2. The summed E-state index contributed by atoms with van der Waals surface area (Å²) in [6, 6.07) is 9.58. The van der Waals surface area contributed by atoms with Crippen molar-refractivity contribution in [2.75, 3.05) is 4.90 Å². The van der Waals surface area contributed by atoms with Gasteiger partial charge in [-0.25, -0.2) is 14.1 Å². The molecule has 1 fully saturated rings. The topological polar surface area (TPSA) is 110 Å². The van der Waals surface area contributed by atoms with Gasteiger partial charge in [-0.1, -0.05) is 18.2 Å². The second-order valence-electron chi connectivity index (χ2n) is 5.63. The highest BCUT2D eigenvalue weighted by molar-refractivity contribution is 6.37. The number of anilines is 1. The summed E-state index contributed by atoms with van der Waals surface area (Å²) in [5, 5.41) is 13.0. The monoisotopic (exact) mass is 381 g/mol. The largest absolute Gasteiger partial charge is 0.335 e. The fourth-order valence-corrected chi connectivity index (χ4v) is 2.54. The van der Waals surface area contributed by atoms with Gasteiger partial charge in [-0.05, 0) is 42.5 Å². The molecular formula is C19H12FN3O5. The van der Waals surface area contributed by atoms with E-state index in [2.05, 4.69) is 0 Å². The Kier molecular flexibility index (Phi) is 5.07. The van der Waals surface area contributed by atoms with Crippen molar-refractivity contribution in [3.05, 3.63) is 87.8 Å². The van der Waals surface area contributed by atoms with Gasteiger partial charge in [0, 0.05) is 6.07 Å². The first-order valence-corrected chi connectivity index (χ1v) is 7.95. The Balaban J connectivity index is 1.91. The summed E-state index contributed by atoms with van der Waals surface area (Å²) in [5.41, 5.74) is -0.122. The van der Waals surface area contributed by atoms with Crippen molar-refractivity contribution in [1.29, 1.82) is 0 Å². The van der Waals surface area contributed by atoms with Crippen molar-refractivity contribution in [2.45, 2.75) is 0 Å². The van der Waals surface area contributed by atoms with Gasteiger partial charge in [0.25, 0.3) is 17.5 Å². The van der Waals surface area contributed by atoms with Gasteiger partial charge in [0.1, 0.15) is 11.4 Å². The Morgan fingerprint density at radius 1 is 1.04 bits per heavy atom. The average Bonchev–Trinajstić information content (AvgIpc) is 2.66. The first-order chi connectivity index (χ1) is 13.4. The molecule has 8 nitrogen and oxygen atoms in total. The molecule has 0 aliphatic carbocycles. The number of carbonyl (C=O) groups excluding carboxylic acids is 3. The second kappa shape index (κ2) is 7.62. The molecule has 0 aromatic heterocycles. The van der Waals surface area contributed by atoms with Crippen LogP contribution in [0.1, 0.15) is 5.56 Å². The third kappa shape index (κ3) is 3.68. The van der Waals surface area contributed by atoms with E-state index >= 15 is 0 Å². The van der Waals surface area contributed by atoms with E-state index in [4.69, 9.17) is 0 Å². The van der Waals surface area contributed by atoms with Crippen LogP contribution in [0.15, 0.2) is 66.3 Å². The summed E-state index contributed by atoms with van der Waals surface area (Å²) in [5.74, 6) is -2.35. The fraction of sp³-hybridized carbons (Fsp3) is 0. The molecule has 1 heterocycles. The number of nitro benzene ring substituents is 1. The third-order valence-corrected chi connectivity index (χ3v) is 3.86. The lowest BCUT2D eigenvalue weighted by Gasteiger charge is -2.26. The van der Waals surface area contributed by atoms with Gasteiger partial charge in [-0.15, -0.1) is 0 Å².